The lowest BCUT2D eigenvalue weighted by Gasteiger charge is -2.19. The molecule has 1 N–H and O–H groups in total. The van der Waals surface area contributed by atoms with Crippen LogP contribution in [0.3, 0.4) is 0 Å². The molecule has 104 valence electrons. The zero-order valence-corrected chi connectivity index (χ0v) is 11.6. The summed E-state index contributed by atoms with van der Waals surface area (Å²) in [4.78, 5) is 11.7. The molecule has 0 spiro atoms. The Kier molecular flexibility index (Phi) is 4.66. The third-order valence-electron chi connectivity index (χ3n) is 3.27. The number of nitrogens with one attached hydrogen (secondary N) is 1. The molecule has 1 amide bonds. The van der Waals surface area contributed by atoms with Crippen molar-refractivity contribution in [2.45, 2.75) is 39.2 Å². The number of fused-ring (bicyclic) bond motifs is 1. The number of ether oxygens (including phenoxy) is 2. The van der Waals surface area contributed by atoms with Crippen LogP contribution in [0.5, 0.6) is 11.5 Å². The Morgan fingerprint density at radius 3 is 2.79 bits per heavy atom. The largest absolute Gasteiger partial charge is 0.486 e. The number of aryl methyl sites for hydroxylation is 1. The maximum absolute atomic E-state index is 11.7. The van der Waals surface area contributed by atoms with Crippen molar-refractivity contribution in [2.24, 2.45) is 0 Å². The minimum Gasteiger partial charge on any atom is -0.486 e. The molecule has 0 saturated heterocycles. The predicted octanol–water partition coefficient (Wildman–Crippen LogP) is 2.31. The van der Waals surface area contributed by atoms with Gasteiger partial charge in [0.1, 0.15) is 13.2 Å². The second-order valence-electron chi connectivity index (χ2n) is 4.85. The first-order valence-corrected chi connectivity index (χ1v) is 6.87. The van der Waals surface area contributed by atoms with Gasteiger partial charge in [0, 0.05) is 12.5 Å². The van der Waals surface area contributed by atoms with E-state index in [-0.39, 0.29) is 11.9 Å². The lowest BCUT2D eigenvalue weighted by Crippen LogP contribution is -2.32. The molecule has 0 saturated carbocycles. The van der Waals surface area contributed by atoms with Gasteiger partial charge in [-0.1, -0.05) is 13.0 Å². The molecule has 1 aromatic rings. The third-order valence-corrected chi connectivity index (χ3v) is 3.27. The summed E-state index contributed by atoms with van der Waals surface area (Å²) in [6.45, 7) is 5.27. The molecule has 1 aromatic carbocycles. The van der Waals surface area contributed by atoms with Gasteiger partial charge in [0.25, 0.3) is 0 Å². The Hall–Kier alpha value is -1.71. The average molecular weight is 263 g/mol. The molecule has 2 rings (SSSR count). The fourth-order valence-corrected chi connectivity index (χ4v) is 1.95. The van der Waals surface area contributed by atoms with Crippen molar-refractivity contribution < 1.29 is 14.3 Å². The Balaban J connectivity index is 1.87. The van der Waals surface area contributed by atoms with Crippen molar-refractivity contribution in [1.82, 2.24) is 5.32 Å². The van der Waals surface area contributed by atoms with E-state index >= 15 is 0 Å². The van der Waals surface area contributed by atoms with Crippen molar-refractivity contribution in [3.8, 4) is 11.5 Å². The molecule has 1 aliphatic rings. The standard InChI is InChI=1S/C15H21NO3/c1-3-11(2)16-15(17)7-5-12-4-6-13-14(10-12)19-9-8-18-13/h4,6,10-11H,3,5,7-9H2,1-2H3,(H,16,17). The quantitative estimate of drug-likeness (QED) is 0.886. The first-order chi connectivity index (χ1) is 9.19. The molecule has 4 heteroatoms. The molecular weight excluding hydrogens is 242 g/mol. The van der Waals surface area contributed by atoms with E-state index in [1.807, 2.05) is 25.1 Å². The zero-order valence-electron chi connectivity index (χ0n) is 11.6. The summed E-state index contributed by atoms with van der Waals surface area (Å²) in [5, 5.41) is 2.97. The summed E-state index contributed by atoms with van der Waals surface area (Å²) in [5.74, 6) is 1.68. The van der Waals surface area contributed by atoms with Crippen LogP contribution in [0.4, 0.5) is 0 Å². The van der Waals surface area contributed by atoms with Crippen molar-refractivity contribution in [2.75, 3.05) is 13.2 Å². The van der Waals surface area contributed by atoms with Gasteiger partial charge in [-0.2, -0.15) is 0 Å². The summed E-state index contributed by atoms with van der Waals surface area (Å²) >= 11 is 0. The van der Waals surface area contributed by atoms with Crippen molar-refractivity contribution in [1.29, 1.82) is 0 Å². The number of carbonyl (C=O) groups is 1. The highest BCUT2D eigenvalue weighted by Gasteiger charge is 2.12. The summed E-state index contributed by atoms with van der Waals surface area (Å²) < 4.78 is 11.0. The number of amides is 1. The normalized spacial score (nSPS) is 14.8. The highest BCUT2D eigenvalue weighted by atomic mass is 16.6. The molecule has 0 aromatic heterocycles. The maximum Gasteiger partial charge on any atom is 0.220 e. The van der Waals surface area contributed by atoms with Gasteiger partial charge in [-0.05, 0) is 37.5 Å². The van der Waals surface area contributed by atoms with Crippen LogP contribution in [0.2, 0.25) is 0 Å². The van der Waals surface area contributed by atoms with Crippen molar-refractivity contribution >= 4 is 5.91 Å². The number of hydrogen-bond acceptors (Lipinski definition) is 3. The van der Waals surface area contributed by atoms with Gasteiger partial charge >= 0.3 is 0 Å². The first-order valence-electron chi connectivity index (χ1n) is 6.87. The Bertz CT molecular complexity index is 445. The molecule has 1 aliphatic heterocycles. The van der Waals surface area contributed by atoms with Crippen molar-refractivity contribution in [3.05, 3.63) is 23.8 Å². The van der Waals surface area contributed by atoms with Crippen LogP contribution in [0, 0.1) is 0 Å². The third kappa shape index (κ3) is 3.88. The minimum atomic E-state index is 0.101. The Labute approximate surface area is 114 Å². The van der Waals surface area contributed by atoms with Gasteiger partial charge in [-0.25, -0.2) is 0 Å². The van der Waals surface area contributed by atoms with E-state index in [1.54, 1.807) is 0 Å². The van der Waals surface area contributed by atoms with Gasteiger partial charge in [-0.3, -0.25) is 4.79 Å². The number of carbonyl (C=O) groups excluding carboxylic acids is 1. The number of benzene rings is 1. The summed E-state index contributed by atoms with van der Waals surface area (Å²) in [5.41, 5.74) is 1.10. The molecule has 19 heavy (non-hydrogen) atoms. The minimum absolute atomic E-state index is 0.101. The summed E-state index contributed by atoms with van der Waals surface area (Å²) in [6, 6.07) is 6.11. The van der Waals surface area contributed by atoms with Crippen molar-refractivity contribution in [3.63, 3.8) is 0 Å². The second kappa shape index (κ2) is 6.45. The number of rotatable bonds is 5. The fraction of sp³-hybridized carbons (Fsp3) is 0.533. The van der Waals surface area contributed by atoms with E-state index in [1.165, 1.54) is 0 Å². The van der Waals surface area contributed by atoms with E-state index in [0.717, 1.165) is 29.9 Å². The molecule has 0 aliphatic carbocycles. The molecule has 1 unspecified atom stereocenters. The van der Waals surface area contributed by atoms with E-state index in [9.17, 15) is 4.79 Å². The second-order valence-corrected chi connectivity index (χ2v) is 4.85. The highest BCUT2D eigenvalue weighted by molar-refractivity contribution is 5.76. The lowest BCUT2D eigenvalue weighted by molar-refractivity contribution is -0.121. The molecule has 4 nitrogen and oxygen atoms in total. The SMILES string of the molecule is CCC(C)NC(=O)CCc1ccc2c(c1)OCCO2. The molecular formula is C15H21NO3. The monoisotopic (exact) mass is 263 g/mol. The molecule has 0 bridgehead atoms. The molecule has 0 fully saturated rings. The van der Waals surface area contributed by atoms with Gasteiger partial charge in [0.05, 0.1) is 0 Å². The fourth-order valence-electron chi connectivity index (χ4n) is 1.95. The van der Waals surface area contributed by atoms with Crippen LogP contribution in [0.15, 0.2) is 18.2 Å². The average Bonchev–Trinajstić information content (AvgIpc) is 2.44. The summed E-state index contributed by atoms with van der Waals surface area (Å²) in [7, 11) is 0. The Morgan fingerprint density at radius 2 is 2.05 bits per heavy atom. The highest BCUT2D eigenvalue weighted by Crippen LogP contribution is 2.30. The maximum atomic E-state index is 11.7. The predicted molar refractivity (Wildman–Crippen MR) is 73.6 cm³/mol. The molecule has 0 radical (unpaired) electrons. The summed E-state index contributed by atoms with van der Waals surface area (Å²) in [6.07, 6.45) is 2.18. The van der Waals surface area contributed by atoms with E-state index in [2.05, 4.69) is 12.2 Å². The van der Waals surface area contributed by atoms with Gasteiger partial charge < -0.3 is 14.8 Å². The smallest absolute Gasteiger partial charge is 0.220 e. The topological polar surface area (TPSA) is 47.6 Å². The van der Waals surface area contributed by atoms with Gasteiger partial charge in [-0.15, -0.1) is 0 Å². The van der Waals surface area contributed by atoms with Crippen LogP contribution in [0.1, 0.15) is 32.3 Å². The van der Waals surface area contributed by atoms with Crippen LogP contribution in [-0.4, -0.2) is 25.2 Å². The Morgan fingerprint density at radius 1 is 1.32 bits per heavy atom. The van der Waals surface area contributed by atoms with Gasteiger partial charge in [0.15, 0.2) is 11.5 Å². The molecule has 1 heterocycles. The van der Waals surface area contributed by atoms with E-state index in [4.69, 9.17) is 9.47 Å². The molecule has 1 atom stereocenters. The van der Waals surface area contributed by atoms with Crippen LogP contribution < -0.4 is 14.8 Å². The number of hydrogen-bond donors (Lipinski definition) is 1. The van der Waals surface area contributed by atoms with E-state index in [0.29, 0.717) is 19.6 Å². The van der Waals surface area contributed by atoms with Crippen LogP contribution in [0.25, 0.3) is 0 Å². The first kappa shape index (κ1) is 13.7. The van der Waals surface area contributed by atoms with E-state index < -0.39 is 0 Å². The lowest BCUT2D eigenvalue weighted by atomic mass is 10.1. The van der Waals surface area contributed by atoms with Crippen LogP contribution in [-0.2, 0) is 11.2 Å². The zero-order chi connectivity index (χ0) is 13.7. The van der Waals surface area contributed by atoms with Crippen LogP contribution >= 0.6 is 0 Å². The van der Waals surface area contributed by atoms with Gasteiger partial charge in [0.2, 0.25) is 5.91 Å².